The maximum absolute atomic E-state index is 13.8. The number of aromatic nitrogens is 1. The van der Waals surface area contributed by atoms with Gasteiger partial charge in [0, 0.05) is 41.7 Å². The Morgan fingerprint density at radius 2 is 1.72 bits per heavy atom. The third-order valence-electron chi connectivity index (χ3n) is 6.10. The molecule has 0 bridgehead atoms. The lowest BCUT2D eigenvalue weighted by Crippen LogP contribution is -2.49. The summed E-state index contributed by atoms with van der Waals surface area (Å²) < 4.78 is 0. The van der Waals surface area contributed by atoms with E-state index < -0.39 is 12.1 Å². The van der Waals surface area contributed by atoms with Crippen LogP contribution in [0.2, 0.25) is 0 Å². The zero-order chi connectivity index (χ0) is 24.9. The Hall–Kier alpha value is -4.27. The molecule has 0 saturated heterocycles. The fourth-order valence-corrected chi connectivity index (χ4v) is 4.37. The number of anilines is 1. The molecule has 8 heteroatoms. The predicted octanol–water partition coefficient (Wildman–Crippen LogP) is 2.69. The van der Waals surface area contributed by atoms with Crippen LogP contribution in [0.5, 0.6) is 0 Å². The second-order valence-electron chi connectivity index (χ2n) is 8.47. The molecule has 5 rings (SSSR count). The number of hydrogen-bond donors (Lipinski definition) is 4. The third-order valence-corrected chi connectivity index (χ3v) is 6.10. The molecule has 36 heavy (non-hydrogen) atoms. The first kappa shape index (κ1) is 23.5. The quantitative estimate of drug-likeness (QED) is 0.290. The first-order chi connectivity index (χ1) is 17.7. The SMILES string of the molecule is O=C(N[C@H]1N=C(c2ccccc2)c2ccccc2N(CCNCCO)C1=O)c1cc2ccccc2[nH]1. The molecule has 1 aliphatic heterocycles. The van der Waals surface area contributed by atoms with Gasteiger partial charge >= 0.3 is 0 Å². The molecular formula is C28H27N5O3. The van der Waals surface area contributed by atoms with Crippen LogP contribution in [0.1, 0.15) is 21.6 Å². The van der Waals surface area contributed by atoms with Crippen molar-refractivity contribution in [1.29, 1.82) is 0 Å². The molecule has 0 radical (unpaired) electrons. The molecule has 3 aromatic carbocycles. The van der Waals surface area contributed by atoms with Gasteiger partial charge in [0.1, 0.15) is 5.69 Å². The van der Waals surface area contributed by atoms with Crippen LogP contribution in [0.15, 0.2) is 89.9 Å². The molecule has 2 amide bonds. The number of benzene rings is 3. The van der Waals surface area contributed by atoms with Crippen molar-refractivity contribution in [2.24, 2.45) is 4.99 Å². The van der Waals surface area contributed by atoms with Gasteiger partial charge in [-0.2, -0.15) is 0 Å². The van der Waals surface area contributed by atoms with Crippen molar-refractivity contribution in [3.05, 3.63) is 102 Å². The molecule has 1 atom stereocenters. The first-order valence-corrected chi connectivity index (χ1v) is 11.9. The van der Waals surface area contributed by atoms with Crippen LogP contribution in [-0.4, -0.2) is 60.0 Å². The van der Waals surface area contributed by atoms with Crippen LogP contribution in [0.3, 0.4) is 0 Å². The van der Waals surface area contributed by atoms with E-state index >= 15 is 0 Å². The molecule has 0 aliphatic carbocycles. The van der Waals surface area contributed by atoms with Crippen molar-refractivity contribution in [1.82, 2.24) is 15.6 Å². The van der Waals surface area contributed by atoms with Gasteiger partial charge in [0.05, 0.1) is 18.0 Å². The number of aliphatic imine (C=N–C) groups is 1. The Kier molecular flexibility index (Phi) is 6.88. The van der Waals surface area contributed by atoms with Gasteiger partial charge in [-0.3, -0.25) is 9.59 Å². The fourth-order valence-electron chi connectivity index (χ4n) is 4.37. The highest BCUT2D eigenvalue weighted by Gasteiger charge is 2.33. The number of carbonyl (C=O) groups excluding carboxylic acids is 2. The average molecular weight is 482 g/mol. The topological polar surface area (TPSA) is 110 Å². The molecule has 0 unspecified atom stereocenters. The number of amides is 2. The number of nitrogens with zero attached hydrogens (tertiary/aromatic N) is 2. The largest absolute Gasteiger partial charge is 0.395 e. The van der Waals surface area contributed by atoms with E-state index in [9.17, 15) is 9.59 Å². The second kappa shape index (κ2) is 10.6. The van der Waals surface area contributed by atoms with E-state index in [2.05, 4.69) is 15.6 Å². The molecule has 0 fully saturated rings. The minimum absolute atomic E-state index is 0.00891. The van der Waals surface area contributed by atoms with Crippen LogP contribution in [0.25, 0.3) is 10.9 Å². The minimum atomic E-state index is -1.12. The van der Waals surface area contributed by atoms with Gasteiger partial charge in [-0.05, 0) is 18.2 Å². The average Bonchev–Trinajstić information content (AvgIpc) is 3.32. The van der Waals surface area contributed by atoms with Crippen molar-refractivity contribution < 1.29 is 14.7 Å². The lowest BCUT2D eigenvalue weighted by molar-refractivity contribution is -0.120. The van der Waals surface area contributed by atoms with Gasteiger partial charge in [0.25, 0.3) is 11.8 Å². The van der Waals surface area contributed by atoms with Gasteiger partial charge in [-0.15, -0.1) is 0 Å². The molecule has 1 aliphatic rings. The number of hydrogen-bond acceptors (Lipinski definition) is 5. The maximum Gasteiger partial charge on any atom is 0.272 e. The summed E-state index contributed by atoms with van der Waals surface area (Å²) in [6.45, 7) is 1.27. The number of aliphatic hydroxyl groups excluding tert-OH is 1. The first-order valence-electron chi connectivity index (χ1n) is 11.9. The van der Waals surface area contributed by atoms with Crippen LogP contribution in [0.4, 0.5) is 5.69 Å². The van der Waals surface area contributed by atoms with E-state index in [4.69, 9.17) is 10.1 Å². The van der Waals surface area contributed by atoms with Gasteiger partial charge in [0.15, 0.2) is 0 Å². The van der Waals surface area contributed by atoms with E-state index in [0.717, 1.165) is 27.7 Å². The van der Waals surface area contributed by atoms with Crippen molar-refractivity contribution in [3.8, 4) is 0 Å². The molecule has 4 N–H and O–H groups in total. The predicted molar refractivity (Wildman–Crippen MR) is 140 cm³/mol. The standard InChI is InChI=1S/C28H27N5O3/c34-17-15-29-14-16-33-24-13-7-5-11-21(24)25(19-8-2-1-3-9-19)31-26(28(33)36)32-27(35)23-18-20-10-4-6-12-22(20)30-23/h1-13,18,26,29-30,34H,14-17H2,(H,32,35)/t26-/m1/s1. The Morgan fingerprint density at radius 1 is 0.972 bits per heavy atom. The highest BCUT2D eigenvalue weighted by atomic mass is 16.3. The Labute approximate surface area is 208 Å². The molecule has 0 saturated carbocycles. The summed E-state index contributed by atoms with van der Waals surface area (Å²) in [6.07, 6.45) is -1.12. The van der Waals surface area contributed by atoms with Gasteiger partial charge in [-0.1, -0.05) is 66.7 Å². The fraction of sp³-hybridized carbons (Fsp3) is 0.179. The number of H-pyrrole nitrogens is 1. The van der Waals surface area contributed by atoms with E-state index in [1.165, 1.54) is 0 Å². The number of fused-ring (bicyclic) bond motifs is 2. The van der Waals surface area contributed by atoms with Crippen molar-refractivity contribution in [2.75, 3.05) is 31.1 Å². The van der Waals surface area contributed by atoms with Gasteiger partial charge in [0.2, 0.25) is 6.17 Å². The summed E-state index contributed by atoms with van der Waals surface area (Å²) >= 11 is 0. The molecular weight excluding hydrogens is 454 g/mol. The highest BCUT2D eigenvalue weighted by molar-refractivity contribution is 6.20. The number of rotatable bonds is 8. The maximum atomic E-state index is 13.8. The number of aliphatic hydroxyl groups is 1. The number of nitrogens with one attached hydrogen (secondary N) is 3. The van der Waals surface area contributed by atoms with Crippen LogP contribution in [0, 0.1) is 0 Å². The van der Waals surface area contributed by atoms with E-state index in [1.54, 1.807) is 11.0 Å². The number of benzodiazepines with no additional fused rings is 1. The summed E-state index contributed by atoms with van der Waals surface area (Å²) in [5.74, 6) is -0.742. The Morgan fingerprint density at radius 3 is 2.53 bits per heavy atom. The zero-order valence-corrected chi connectivity index (χ0v) is 19.6. The van der Waals surface area contributed by atoms with Crippen molar-refractivity contribution in [2.45, 2.75) is 6.17 Å². The van der Waals surface area contributed by atoms with Crippen LogP contribution >= 0.6 is 0 Å². The molecule has 2 heterocycles. The third kappa shape index (κ3) is 4.77. The summed E-state index contributed by atoms with van der Waals surface area (Å²) in [4.78, 5) is 36.6. The number of carbonyl (C=O) groups is 2. The molecule has 1 aromatic heterocycles. The molecule has 182 valence electrons. The summed E-state index contributed by atoms with van der Waals surface area (Å²) in [7, 11) is 0. The van der Waals surface area contributed by atoms with Gasteiger partial charge in [-0.25, -0.2) is 4.99 Å². The summed E-state index contributed by atoms with van der Waals surface area (Å²) in [5.41, 5.74) is 4.21. The minimum Gasteiger partial charge on any atom is -0.395 e. The lowest BCUT2D eigenvalue weighted by atomic mass is 10.0. The molecule has 4 aromatic rings. The zero-order valence-electron chi connectivity index (χ0n) is 19.6. The van der Waals surface area contributed by atoms with E-state index in [0.29, 0.717) is 31.0 Å². The Balaban J connectivity index is 1.53. The monoisotopic (exact) mass is 481 g/mol. The smallest absolute Gasteiger partial charge is 0.272 e. The summed E-state index contributed by atoms with van der Waals surface area (Å²) in [6, 6.07) is 26.6. The molecule has 8 nitrogen and oxygen atoms in total. The van der Waals surface area contributed by atoms with E-state index in [-0.39, 0.29) is 12.5 Å². The Bertz CT molecular complexity index is 1380. The van der Waals surface area contributed by atoms with Crippen LogP contribution < -0.4 is 15.5 Å². The second-order valence-corrected chi connectivity index (χ2v) is 8.47. The van der Waals surface area contributed by atoms with Crippen molar-refractivity contribution >= 4 is 34.1 Å². The summed E-state index contributed by atoms with van der Waals surface area (Å²) in [5, 5.41) is 16.0. The normalized spacial score (nSPS) is 15.4. The number of para-hydroxylation sites is 2. The van der Waals surface area contributed by atoms with Crippen molar-refractivity contribution in [3.63, 3.8) is 0 Å². The lowest BCUT2D eigenvalue weighted by Gasteiger charge is -2.25. The number of aromatic amines is 1. The van der Waals surface area contributed by atoms with Crippen LogP contribution in [-0.2, 0) is 4.79 Å². The van der Waals surface area contributed by atoms with E-state index in [1.807, 2.05) is 78.9 Å². The molecule has 0 spiro atoms. The van der Waals surface area contributed by atoms with Gasteiger partial charge < -0.3 is 25.6 Å². The highest BCUT2D eigenvalue weighted by Crippen LogP contribution is 2.28.